The first kappa shape index (κ1) is 26.5. The molecule has 4 aromatic heterocycles. The summed E-state index contributed by atoms with van der Waals surface area (Å²) in [5.41, 5.74) is -1.55. The zero-order chi connectivity index (χ0) is 27.7. The molecule has 38 heavy (non-hydrogen) atoms. The van der Waals surface area contributed by atoms with Crippen LogP contribution in [-0.4, -0.2) is 65.0 Å². The molecule has 1 amide bonds. The Kier molecular flexibility index (Phi) is 7.01. The van der Waals surface area contributed by atoms with Crippen molar-refractivity contribution in [1.29, 1.82) is 5.26 Å². The number of hydrogen-bond acceptors (Lipinski definition) is 8. The summed E-state index contributed by atoms with van der Waals surface area (Å²) in [5, 5.41) is 32.3. The summed E-state index contributed by atoms with van der Waals surface area (Å²) in [7, 11) is 0. The second kappa shape index (κ2) is 10.1. The van der Waals surface area contributed by atoms with Crippen LogP contribution in [-0.2, 0) is 6.54 Å². The third-order valence-electron chi connectivity index (χ3n) is 5.49. The molecule has 15 heteroatoms. The molecule has 11 nitrogen and oxygen atoms in total. The van der Waals surface area contributed by atoms with Crippen molar-refractivity contribution in [2.75, 3.05) is 11.9 Å². The van der Waals surface area contributed by atoms with Gasteiger partial charge in [-0.25, -0.2) is 27.5 Å². The standard InChI is InChI=1S/C23H21F4N9O2/c1-22(2,38)23(26,27)12-31-21(37)16-9-29-19(36-20-14(7-33-36)3-13(5-28)6-30-20)4-17(16)34-15-8-32-35(10-15)11-18(24)25/h3-4,6-10,18,38H,11-12H2,1-2H3,(H,29,34)(H,31,37). The molecular weight excluding hydrogens is 510 g/mol. The van der Waals surface area contributed by atoms with Crippen LogP contribution in [0.3, 0.4) is 0 Å². The Morgan fingerprint density at radius 2 is 1.92 bits per heavy atom. The number of hydrogen-bond donors (Lipinski definition) is 3. The van der Waals surface area contributed by atoms with Gasteiger partial charge in [-0.05, 0) is 19.9 Å². The molecule has 3 N–H and O–H groups in total. The highest BCUT2D eigenvalue weighted by molar-refractivity contribution is 6.00. The lowest BCUT2D eigenvalue weighted by atomic mass is 10.0. The van der Waals surface area contributed by atoms with E-state index in [4.69, 9.17) is 5.26 Å². The van der Waals surface area contributed by atoms with Gasteiger partial charge in [0.25, 0.3) is 18.3 Å². The third kappa shape index (κ3) is 5.54. The summed E-state index contributed by atoms with van der Waals surface area (Å²) in [6.07, 6.45) is 3.82. The van der Waals surface area contributed by atoms with Crippen molar-refractivity contribution in [2.45, 2.75) is 38.3 Å². The number of rotatable bonds is 9. The van der Waals surface area contributed by atoms with Crippen molar-refractivity contribution in [1.82, 2.24) is 34.8 Å². The Bertz CT molecular complexity index is 1520. The van der Waals surface area contributed by atoms with Crippen LogP contribution in [0.25, 0.3) is 16.9 Å². The van der Waals surface area contributed by atoms with E-state index in [9.17, 15) is 27.5 Å². The fraction of sp³-hybridized carbons (Fsp3) is 0.304. The smallest absolute Gasteiger partial charge is 0.292 e. The predicted octanol–water partition coefficient (Wildman–Crippen LogP) is 3.03. The van der Waals surface area contributed by atoms with E-state index in [0.717, 1.165) is 24.7 Å². The van der Waals surface area contributed by atoms with Gasteiger partial charge in [0.1, 0.15) is 18.2 Å². The lowest BCUT2D eigenvalue weighted by Gasteiger charge is -2.29. The first-order chi connectivity index (χ1) is 17.9. The van der Waals surface area contributed by atoms with Crippen LogP contribution in [0.1, 0.15) is 29.8 Å². The summed E-state index contributed by atoms with van der Waals surface area (Å²) in [6, 6.07) is 4.94. The highest BCUT2D eigenvalue weighted by Gasteiger charge is 2.45. The number of aliphatic hydroxyl groups is 1. The average molecular weight is 531 g/mol. The number of pyridine rings is 2. The molecule has 0 aliphatic carbocycles. The quantitative estimate of drug-likeness (QED) is 0.279. The summed E-state index contributed by atoms with van der Waals surface area (Å²) in [4.78, 5) is 21.3. The molecule has 0 spiro atoms. The monoisotopic (exact) mass is 531 g/mol. The van der Waals surface area contributed by atoms with Gasteiger partial charge in [-0.1, -0.05) is 0 Å². The molecule has 0 saturated heterocycles. The lowest BCUT2D eigenvalue weighted by molar-refractivity contribution is -0.156. The molecule has 198 valence electrons. The van der Waals surface area contributed by atoms with E-state index in [1.54, 1.807) is 6.07 Å². The second-order valence-electron chi connectivity index (χ2n) is 8.81. The van der Waals surface area contributed by atoms with Crippen molar-refractivity contribution in [3.05, 3.63) is 54.2 Å². The maximum Gasteiger partial charge on any atom is 0.292 e. The van der Waals surface area contributed by atoms with Crippen LogP contribution < -0.4 is 10.6 Å². The van der Waals surface area contributed by atoms with Gasteiger partial charge in [0.05, 0.1) is 41.4 Å². The number of nitrogens with zero attached hydrogens (tertiary/aromatic N) is 7. The van der Waals surface area contributed by atoms with Gasteiger partial charge in [0.15, 0.2) is 11.5 Å². The summed E-state index contributed by atoms with van der Waals surface area (Å²) >= 11 is 0. The number of halogens is 4. The van der Waals surface area contributed by atoms with Gasteiger partial charge in [0.2, 0.25) is 0 Å². The van der Waals surface area contributed by atoms with Crippen LogP contribution >= 0.6 is 0 Å². The van der Waals surface area contributed by atoms with Gasteiger partial charge in [-0.2, -0.15) is 20.1 Å². The molecule has 0 aliphatic rings. The highest BCUT2D eigenvalue weighted by Crippen LogP contribution is 2.28. The number of amides is 1. The van der Waals surface area contributed by atoms with E-state index < -0.39 is 36.9 Å². The molecule has 4 aromatic rings. The molecule has 0 unspecified atom stereocenters. The van der Waals surface area contributed by atoms with Gasteiger partial charge in [-0.3, -0.25) is 9.48 Å². The Morgan fingerprint density at radius 1 is 1.16 bits per heavy atom. The number of anilines is 2. The van der Waals surface area contributed by atoms with E-state index in [1.807, 2.05) is 6.07 Å². The SMILES string of the molecule is CC(C)(O)C(F)(F)CNC(=O)c1cnc(-n2ncc3cc(C#N)cnc32)cc1Nc1cnn(CC(F)F)c1. The number of carbonyl (C=O) groups is 1. The van der Waals surface area contributed by atoms with E-state index in [2.05, 4.69) is 30.8 Å². The highest BCUT2D eigenvalue weighted by atomic mass is 19.3. The van der Waals surface area contributed by atoms with Crippen molar-refractivity contribution in [2.24, 2.45) is 0 Å². The molecular formula is C23H21F4N9O2. The lowest BCUT2D eigenvalue weighted by Crippen LogP contribution is -2.50. The van der Waals surface area contributed by atoms with Crippen LogP contribution in [0.4, 0.5) is 28.9 Å². The average Bonchev–Trinajstić information content (AvgIpc) is 3.47. The molecule has 0 aromatic carbocycles. The van der Waals surface area contributed by atoms with Crippen molar-refractivity contribution in [3.63, 3.8) is 0 Å². The Morgan fingerprint density at radius 3 is 2.61 bits per heavy atom. The first-order valence-corrected chi connectivity index (χ1v) is 11.1. The zero-order valence-corrected chi connectivity index (χ0v) is 20.0. The number of nitriles is 1. The van der Waals surface area contributed by atoms with Crippen molar-refractivity contribution >= 4 is 28.3 Å². The normalized spacial score (nSPS) is 12.1. The first-order valence-electron chi connectivity index (χ1n) is 11.1. The van der Waals surface area contributed by atoms with Crippen LogP contribution in [0.15, 0.2) is 43.1 Å². The Hall–Kier alpha value is -4.58. The minimum absolute atomic E-state index is 0.0768. The number of aromatic nitrogens is 6. The second-order valence-corrected chi connectivity index (χ2v) is 8.81. The fourth-order valence-electron chi connectivity index (χ4n) is 3.32. The maximum absolute atomic E-state index is 14.2. The molecule has 0 aliphatic heterocycles. The number of fused-ring (bicyclic) bond motifs is 1. The van der Waals surface area contributed by atoms with Crippen molar-refractivity contribution < 1.29 is 27.5 Å². The van der Waals surface area contributed by atoms with E-state index in [0.29, 0.717) is 16.6 Å². The Balaban J connectivity index is 1.70. The van der Waals surface area contributed by atoms with Gasteiger partial charge >= 0.3 is 0 Å². The minimum atomic E-state index is -3.64. The molecule has 0 fully saturated rings. The van der Waals surface area contributed by atoms with Crippen LogP contribution in [0, 0.1) is 11.3 Å². The summed E-state index contributed by atoms with van der Waals surface area (Å²) < 4.78 is 56.2. The minimum Gasteiger partial charge on any atom is -0.384 e. The third-order valence-corrected chi connectivity index (χ3v) is 5.49. The molecule has 0 radical (unpaired) electrons. The number of alkyl halides is 4. The largest absolute Gasteiger partial charge is 0.384 e. The summed E-state index contributed by atoms with van der Waals surface area (Å²) in [6.45, 7) is 0.0270. The molecule has 4 heterocycles. The van der Waals surface area contributed by atoms with Gasteiger partial charge < -0.3 is 15.7 Å². The molecule has 0 bridgehead atoms. The van der Waals surface area contributed by atoms with E-state index in [-0.39, 0.29) is 22.8 Å². The van der Waals surface area contributed by atoms with Crippen LogP contribution in [0.2, 0.25) is 0 Å². The predicted molar refractivity (Wildman–Crippen MR) is 126 cm³/mol. The summed E-state index contributed by atoms with van der Waals surface area (Å²) in [5.74, 6) is -4.39. The zero-order valence-electron chi connectivity index (χ0n) is 20.0. The number of nitrogens with one attached hydrogen (secondary N) is 2. The molecule has 0 atom stereocenters. The van der Waals surface area contributed by atoms with Crippen LogP contribution in [0.5, 0.6) is 0 Å². The Labute approximate surface area is 212 Å². The van der Waals surface area contributed by atoms with E-state index in [1.165, 1.54) is 35.5 Å². The molecule has 0 saturated carbocycles. The van der Waals surface area contributed by atoms with Crippen molar-refractivity contribution in [3.8, 4) is 11.9 Å². The van der Waals surface area contributed by atoms with E-state index >= 15 is 0 Å². The maximum atomic E-state index is 14.2. The van der Waals surface area contributed by atoms with Gasteiger partial charge in [-0.15, -0.1) is 0 Å². The number of carbonyl (C=O) groups excluding carboxylic acids is 1. The topological polar surface area (TPSA) is 147 Å². The van der Waals surface area contributed by atoms with Gasteiger partial charge in [0, 0.05) is 30.0 Å². The fourth-order valence-corrected chi connectivity index (χ4v) is 3.32. The molecule has 4 rings (SSSR count).